The minimum Gasteiger partial charge on any atom is -0.385 e. The molecule has 0 amide bonds. The predicted molar refractivity (Wildman–Crippen MR) is 66.2 cm³/mol. The van der Waals surface area contributed by atoms with Gasteiger partial charge in [-0.05, 0) is 31.9 Å². The summed E-state index contributed by atoms with van der Waals surface area (Å²) in [6.07, 6.45) is 1.97. The van der Waals surface area contributed by atoms with Gasteiger partial charge >= 0.3 is 0 Å². The minimum absolute atomic E-state index is 0.0960. The molecule has 0 spiro atoms. The van der Waals surface area contributed by atoms with Crippen LogP contribution in [0.4, 0.5) is 8.78 Å². The van der Waals surface area contributed by atoms with E-state index in [1.807, 2.05) is 0 Å². The standard InChI is InChI=1S/C14H19F2NO/c1-2-8-17-9-6-14(18,7-10-17)11-4-3-5-12(15)13(11)16/h3-5,18H,2,6-10H2,1H3. The van der Waals surface area contributed by atoms with E-state index in [0.717, 1.165) is 32.1 Å². The third kappa shape index (κ3) is 2.54. The topological polar surface area (TPSA) is 23.5 Å². The summed E-state index contributed by atoms with van der Waals surface area (Å²) in [4.78, 5) is 2.24. The number of hydrogen-bond donors (Lipinski definition) is 1. The molecular weight excluding hydrogens is 236 g/mol. The number of nitrogens with zero attached hydrogens (tertiary/aromatic N) is 1. The van der Waals surface area contributed by atoms with Gasteiger partial charge in [-0.1, -0.05) is 19.1 Å². The normalized spacial score (nSPS) is 20.0. The lowest BCUT2D eigenvalue weighted by molar-refractivity contribution is -0.0287. The summed E-state index contributed by atoms with van der Waals surface area (Å²) in [6, 6.07) is 4.01. The first-order valence-corrected chi connectivity index (χ1v) is 6.46. The molecule has 1 fully saturated rings. The van der Waals surface area contributed by atoms with E-state index in [0.29, 0.717) is 12.8 Å². The molecule has 1 aromatic rings. The number of aliphatic hydroxyl groups is 1. The van der Waals surface area contributed by atoms with E-state index in [9.17, 15) is 13.9 Å². The Hall–Kier alpha value is -1.00. The molecule has 2 nitrogen and oxygen atoms in total. The maximum Gasteiger partial charge on any atom is 0.164 e. The lowest BCUT2D eigenvalue weighted by atomic mass is 9.84. The number of benzene rings is 1. The van der Waals surface area contributed by atoms with Gasteiger partial charge < -0.3 is 10.0 Å². The lowest BCUT2D eigenvalue weighted by Gasteiger charge is -2.38. The third-order valence-electron chi connectivity index (χ3n) is 3.68. The van der Waals surface area contributed by atoms with Crippen LogP contribution in [0.15, 0.2) is 18.2 Å². The van der Waals surface area contributed by atoms with E-state index in [2.05, 4.69) is 11.8 Å². The lowest BCUT2D eigenvalue weighted by Crippen LogP contribution is -2.43. The first-order chi connectivity index (χ1) is 8.57. The summed E-state index contributed by atoms with van der Waals surface area (Å²) in [5.74, 6) is -1.80. The molecular formula is C14H19F2NO. The van der Waals surface area contributed by atoms with Gasteiger partial charge in [0.1, 0.15) is 0 Å². The van der Waals surface area contributed by atoms with Crippen molar-refractivity contribution in [2.24, 2.45) is 0 Å². The molecule has 100 valence electrons. The van der Waals surface area contributed by atoms with Crippen LogP contribution in [-0.2, 0) is 5.60 Å². The fourth-order valence-electron chi connectivity index (χ4n) is 2.60. The van der Waals surface area contributed by atoms with E-state index in [1.165, 1.54) is 12.1 Å². The summed E-state index contributed by atoms with van der Waals surface area (Å²) < 4.78 is 26.9. The summed E-state index contributed by atoms with van der Waals surface area (Å²) in [5.41, 5.74) is -1.13. The van der Waals surface area contributed by atoms with E-state index in [-0.39, 0.29) is 5.56 Å². The summed E-state index contributed by atoms with van der Waals surface area (Å²) >= 11 is 0. The van der Waals surface area contributed by atoms with Crippen LogP contribution >= 0.6 is 0 Å². The number of rotatable bonds is 3. The van der Waals surface area contributed by atoms with Gasteiger partial charge in [0.2, 0.25) is 0 Å². The highest BCUT2D eigenvalue weighted by molar-refractivity contribution is 5.26. The zero-order valence-corrected chi connectivity index (χ0v) is 10.6. The van der Waals surface area contributed by atoms with Crippen molar-refractivity contribution in [3.05, 3.63) is 35.4 Å². The average Bonchev–Trinajstić information content (AvgIpc) is 2.36. The molecule has 4 heteroatoms. The molecule has 1 aliphatic heterocycles. The zero-order valence-electron chi connectivity index (χ0n) is 10.6. The summed E-state index contributed by atoms with van der Waals surface area (Å²) in [6.45, 7) is 4.54. The molecule has 2 rings (SSSR count). The molecule has 1 aromatic carbocycles. The van der Waals surface area contributed by atoms with Crippen LogP contribution < -0.4 is 0 Å². The number of likely N-dealkylation sites (tertiary alicyclic amines) is 1. The second kappa shape index (κ2) is 5.33. The van der Waals surface area contributed by atoms with Gasteiger partial charge in [0.25, 0.3) is 0 Å². The Morgan fingerprint density at radius 3 is 2.56 bits per heavy atom. The number of hydrogen-bond acceptors (Lipinski definition) is 2. The highest BCUT2D eigenvalue weighted by Crippen LogP contribution is 2.34. The van der Waals surface area contributed by atoms with E-state index in [4.69, 9.17) is 0 Å². The van der Waals surface area contributed by atoms with Crippen LogP contribution in [0, 0.1) is 11.6 Å². The van der Waals surface area contributed by atoms with Crippen molar-refractivity contribution in [2.45, 2.75) is 31.8 Å². The number of piperidine rings is 1. The second-order valence-electron chi connectivity index (χ2n) is 4.97. The highest BCUT2D eigenvalue weighted by atomic mass is 19.2. The largest absolute Gasteiger partial charge is 0.385 e. The maximum atomic E-state index is 13.7. The van der Waals surface area contributed by atoms with Crippen molar-refractivity contribution in [3.8, 4) is 0 Å². The molecule has 1 N–H and O–H groups in total. The van der Waals surface area contributed by atoms with Crippen molar-refractivity contribution in [1.29, 1.82) is 0 Å². The van der Waals surface area contributed by atoms with E-state index in [1.54, 1.807) is 0 Å². The van der Waals surface area contributed by atoms with Crippen molar-refractivity contribution in [3.63, 3.8) is 0 Å². The summed E-state index contributed by atoms with van der Waals surface area (Å²) in [5, 5.41) is 10.5. The Morgan fingerprint density at radius 1 is 1.28 bits per heavy atom. The Bertz CT molecular complexity index is 414. The Balaban J connectivity index is 2.16. The van der Waals surface area contributed by atoms with E-state index < -0.39 is 17.2 Å². The first-order valence-electron chi connectivity index (χ1n) is 6.46. The minimum atomic E-state index is -1.23. The smallest absolute Gasteiger partial charge is 0.164 e. The number of halogens is 2. The average molecular weight is 255 g/mol. The van der Waals surface area contributed by atoms with Gasteiger partial charge in [-0.2, -0.15) is 0 Å². The van der Waals surface area contributed by atoms with Crippen LogP contribution in [0.2, 0.25) is 0 Å². The van der Waals surface area contributed by atoms with Gasteiger partial charge in [0, 0.05) is 18.7 Å². The quantitative estimate of drug-likeness (QED) is 0.897. The van der Waals surface area contributed by atoms with Gasteiger partial charge in [-0.25, -0.2) is 8.78 Å². The highest BCUT2D eigenvalue weighted by Gasteiger charge is 2.36. The fourth-order valence-corrected chi connectivity index (χ4v) is 2.60. The molecule has 1 aliphatic rings. The molecule has 0 aliphatic carbocycles. The van der Waals surface area contributed by atoms with Crippen LogP contribution in [0.5, 0.6) is 0 Å². The monoisotopic (exact) mass is 255 g/mol. The van der Waals surface area contributed by atoms with Crippen LogP contribution in [0.3, 0.4) is 0 Å². The molecule has 1 heterocycles. The van der Waals surface area contributed by atoms with Crippen LogP contribution in [0.1, 0.15) is 31.7 Å². The molecule has 18 heavy (non-hydrogen) atoms. The van der Waals surface area contributed by atoms with Gasteiger partial charge in [-0.15, -0.1) is 0 Å². The maximum absolute atomic E-state index is 13.7. The van der Waals surface area contributed by atoms with Crippen LogP contribution in [0.25, 0.3) is 0 Å². The molecule has 0 atom stereocenters. The molecule has 0 bridgehead atoms. The van der Waals surface area contributed by atoms with Crippen molar-refractivity contribution in [2.75, 3.05) is 19.6 Å². The second-order valence-corrected chi connectivity index (χ2v) is 4.97. The van der Waals surface area contributed by atoms with Crippen LogP contribution in [-0.4, -0.2) is 29.6 Å². The first kappa shape index (κ1) is 13.4. The van der Waals surface area contributed by atoms with E-state index >= 15 is 0 Å². The molecule has 0 aromatic heterocycles. The van der Waals surface area contributed by atoms with Gasteiger partial charge in [-0.3, -0.25) is 0 Å². The fraction of sp³-hybridized carbons (Fsp3) is 0.571. The van der Waals surface area contributed by atoms with Crippen molar-refractivity contribution in [1.82, 2.24) is 4.90 Å². The zero-order chi connectivity index (χ0) is 13.2. The molecule has 0 unspecified atom stereocenters. The SMILES string of the molecule is CCCN1CCC(O)(c2cccc(F)c2F)CC1. The Labute approximate surface area is 106 Å². The molecule has 0 saturated carbocycles. The third-order valence-corrected chi connectivity index (χ3v) is 3.68. The predicted octanol–water partition coefficient (Wildman–Crippen LogP) is 2.66. The molecule has 1 saturated heterocycles. The Morgan fingerprint density at radius 2 is 1.94 bits per heavy atom. The van der Waals surface area contributed by atoms with Gasteiger partial charge in [0.15, 0.2) is 11.6 Å². The Kier molecular flexibility index (Phi) is 3.97. The summed E-state index contributed by atoms with van der Waals surface area (Å²) in [7, 11) is 0. The van der Waals surface area contributed by atoms with Gasteiger partial charge in [0.05, 0.1) is 5.60 Å². The molecule has 0 radical (unpaired) electrons. The van der Waals surface area contributed by atoms with Crippen molar-refractivity contribution >= 4 is 0 Å². The van der Waals surface area contributed by atoms with Crippen molar-refractivity contribution < 1.29 is 13.9 Å².